The fourth-order valence-corrected chi connectivity index (χ4v) is 9.54. The molecule has 0 amide bonds. The third-order valence-electron chi connectivity index (χ3n) is 2.51. The highest BCUT2D eigenvalue weighted by atomic mass is 33.5. The van der Waals surface area contributed by atoms with E-state index in [-0.39, 0.29) is 15.6 Å². The van der Waals surface area contributed by atoms with Crippen LogP contribution >= 0.6 is 9.83 Å². The Morgan fingerprint density at radius 1 is 1.07 bits per heavy atom. The lowest BCUT2D eigenvalue weighted by Gasteiger charge is -2.20. The van der Waals surface area contributed by atoms with Crippen LogP contribution in [0.15, 0.2) is 0 Å². The van der Waals surface area contributed by atoms with Gasteiger partial charge in [0.25, 0.3) is 0 Å². The maximum atomic E-state index is 11.7. The molecule has 0 aromatic heterocycles. The highest BCUT2D eigenvalue weighted by molar-refractivity contribution is 9.04. The molecule has 0 saturated heterocycles. The molecule has 90 valence electrons. The van der Waals surface area contributed by atoms with Gasteiger partial charge in [-0.05, 0) is 12.8 Å². The Labute approximate surface area is 94.5 Å². The lowest BCUT2D eigenvalue weighted by atomic mass is 10.0. The molecule has 15 heavy (non-hydrogen) atoms. The van der Waals surface area contributed by atoms with Crippen molar-refractivity contribution in [3.63, 3.8) is 0 Å². The fraction of sp³-hybridized carbons (Fsp3) is 1.00. The molecule has 0 aliphatic heterocycles. The van der Waals surface area contributed by atoms with Gasteiger partial charge in [0.15, 0.2) is 0 Å². The van der Waals surface area contributed by atoms with Crippen LogP contribution in [0, 0.1) is 0 Å². The molecule has 0 aromatic carbocycles. The number of rotatable bonds is 4. The normalized spacial score (nSPS) is 20.3. The third-order valence-corrected chi connectivity index (χ3v) is 11.2. The van der Waals surface area contributed by atoms with Gasteiger partial charge in [-0.2, -0.15) is 0 Å². The van der Waals surface area contributed by atoms with Crippen LogP contribution in [0.2, 0.25) is 0 Å². The van der Waals surface area contributed by atoms with Gasteiger partial charge >= 0.3 is 0 Å². The van der Waals surface area contributed by atoms with E-state index >= 15 is 0 Å². The van der Waals surface area contributed by atoms with Gasteiger partial charge in [-0.15, -0.1) is 0 Å². The van der Waals surface area contributed by atoms with Crippen LogP contribution < -0.4 is 0 Å². The van der Waals surface area contributed by atoms with Crippen molar-refractivity contribution in [3.8, 4) is 0 Å². The molecule has 0 heterocycles. The van der Waals surface area contributed by atoms with Crippen LogP contribution in [-0.2, 0) is 17.7 Å². The van der Waals surface area contributed by atoms with Crippen molar-refractivity contribution in [2.75, 3.05) is 5.75 Å². The molecule has 0 N–H and O–H groups in total. The average Bonchev–Trinajstić information content (AvgIpc) is 2.18. The minimum Gasteiger partial charge on any atom is -0.216 e. The molecular formula is C8H16O4S3. The molecule has 0 aromatic rings. The Hall–Kier alpha value is 0.250. The minimum absolute atomic E-state index is 0.135. The van der Waals surface area contributed by atoms with Crippen LogP contribution in [-0.4, -0.2) is 27.8 Å². The van der Waals surface area contributed by atoms with E-state index in [4.69, 9.17) is 0 Å². The van der Waals surface area contributed by atoms with E-state index in [9.17, 15) is 16.8 Å². The van der Waals surface area contributed by atoms with Crippen molar-refractivity contribution >= 4 is 27.6 Å². The molecule has 1 saturated carbocycles. The zero-order chi connectivity index (χ0) is 11.5. The van der Waals surface area contributed by atoms with E-state index in [0.717, 1.165) is 19.3 Å². The Morgan fingerprint density at radius 3 is 2.07 bits per heavy atom. The summed E-state index contributed by atoms with van der Waals surface area (Å²) in [4.78, 5) is 0. The van der Waals surface area contributed by atoms with Gasteiger partial charge in [0.1, 0.15) is 0 Å². The monoisotopic (exact) mass is 272 g/mol. The molecule has 1 fully saturated rings. The van der Waals surface area contributed by atoms with E-state index < -0.39 is 23.0 Å². The molecule has 7 heteroatoms. The highest BCUT2D eigenvalue weighted by Gasteiger charge is 2.32. The van der Waals surface area contributed by atoms with E-state index in [1.807, 2.05) is 0 Å². The zero-order valence-corrected chi connectivity index (χ0v) is 11.1. The van der Waals surface area contributed by atoms with Crippen molar-refractivity contribution in [1.82, 2.24) is 0 Å². The van der Waals surface area contributed by atoms with Crippen molar-refractivity contribution in [1.29, 1.82) is 0 Å². The molecular weight excluding hydrogens is 256 g/mol. The van der Waals surface area contributed by atoms with Gasteiger partial charge in [-0.25, -0.2) is 16.8 Å². The summed E-state index contributed by atoms with van der Waals surface area (Å²) in [5, 5.41) is -0.461. The number of hydrogen-bond donors (Lipinski definition) is 0. The smallest absolute Gasteiger partial charge is 0.216 e. The molecule has 4 nitrogen and oxygen atoms in total. The van der Waals surface area contributed by atoms with Gasteiger partial charge < -0.3 is 0 Å². The Bertz CT molecular complexity index is 390. The maximum absolute atomic E-state index is 11.7. The van der Waals surface area contributed by atoms with E-state index in [2.05, 4.69) is 0 Å². The average molecular weight is 272 g/mol. The second-order valence-electron chi connectivity index (χ2n) is 3.67. The second-order valence-corrected chi connectivity index (χ2v) is 11.7. The Morgan fingerprint density at radius 2 is 1.60 bits per heavy atom. The maximum Gasteiger partial charge on any atom is 0.218 e. The molecule has 1 aliphatic rings. The molecule has 0 radical (unpaired) electrons. The highest BCUT2D eigenvalue weighted by Crippen LogP contribution is 2.33. The summed E-state index contributed by atoms with van der Waals surface area (Å²) in [7, 11) is -6.87. The SMILES string of the molecule is CCS(=O)(=O)SS(=O)(=O)C1CCCCC1. The van der Waals surface area contributed by atoms with Gasteiger partial charge in [-0.1, -0.05) is 26.2 Å². The summed E-state index contributed by atoms with van der Waals surface area (Å²) >= 11 is 0. The standard InChI is InChI=1S/C8H16O4S3/c1-2-14(9,10)13-15(11,12)8-6-4-3-5-7-8/h8H,2-7H2,1H3. The third kappa shape index (κ3) is 3.96. The summed E-state index contributed by atoms with van der Waals surface area (Å²) < 4.78 is 46.0. The van der Waals surface area contributed by atoms with Crippen LogP contribution in [0.1, 0.15) is 39.0 Å². The quantitative estimate of drug-likeness (QED) is 0.729. The molecule has 0 unspecified atom stereocenters. The molecule has 0 atom stereocenters. The second kappa shape index (κ2) is 5.05. The summed E-state index contributed by atoms with van der Waals surface area (Å²) in [5.74, 6) is -0.135. The largest absolute Gasteiger partial charge is 0.218 e. The predicted molar refractivity (Wildman–Crippen MR) is 62.8 cm³/mol. The first kappa shape index (κ1) is 13.3. The zero-order valence-electron chi connectivity index (χ0n) is 8.68. The molecule has 0 bridgehead atoms. The summed E-state index contributed by atoms with van der Waals surface area (Å²) in [5.41, 5.74) is 0. The Kier molecular flexibility index (Phi) is 4.49. The topological polar surface area (TPSA) is 68.3 Å². The first-order chi connectivity index (χ1) is 6.87. The lowest BCUT2D eigenvalue weighted by molar-refractivity contribution is 0.490. The lowest BCUT2D eigenvalue weighted by Crippen LogP contribution is -2.22. The van der Waals surface area contributed by atoms with Crippen LogP contribution in [0.25, 0.3) is 0 Å². The minimum atomic E-state index is -3.52. The summed E-state index contributed by atoms with van der Waals surface area (Å²) in [6, 6.07) is 0. The summed E-state index contributed by atoms with van der Waals surface area (Å²) in [6.07, 6.45) is 4.04. The van der Waals surface area contributed by atoms with E-state index in [1.54, 1.807) is 0 Å². The van der Waals surface area contributed by atoms with E-state index in [1.165, 1.54) is 6.92 Å². The van der Waals surface area contributed by atoms with Crippen molar-refractivity contribution in [3.05, 3.63) is 0 Å². The van der Waals surface area contributed by atoms with Crippen LogP contribution in [0.5, 0.6) is 0 Å². The van der Waals surface area contributed by atoms with Crippen LogP contribution in [0.4, 0.5) is 0 Å². The van der Waals surface area contributed by atoms with Gasteiger partial charge in [0.05, 0.1) is 20.8 Å². The predicted octanol–water partition coefficient (Wildman–Crippen LogP) is 1.73. The number of hydrogen-bond acceptors (Lipinski definition) is 5. The van der Waals surface area contributed by atoms with Gasteiger partial charge in [-0.3, -0.25) is 0 Å². The summed E-state index contributed by atoms with van der Waals surface area (Å²) in [6.45, 7) is 1.46. The Balaban J connectivity index is 2.74. The van der Waals surface area contributed by atoms with Crippen molar-refractivity contribution < 1.29 is 16.8 Å². The molecule has 1 aliphatic carbocycles. The van der Waals surface area contributed by atoms with Crippen molar-refractivity contribution in [2.45, 2.75) is 44.3 Å². The fourth-order valence-electron chi connectivity index (χ4n) is 1.60. The van der Waals surface area contributed by atoms with E-state index in [0.29, 0.717) is 12.8 Å². The van der Waals surface area contributed by atoms with Crippen molar-refractivity contribution in [2.24, 2.45) is 0 Å². The first-order valence-electron chi connectivity index (χ1n) is 5.05. The van der Waals surface area contributed by atoms with Crippen LogP contribution in [0.3, 0.4) is 0 Å². The van der Waals surface area contributed by atoms with Gasteiger partial charge in [0, 0.05) is 0 Å². The molecule has 0 spiro atoms. The van der Waals surface area contributed by atoms with Gasteiger partial charge in [0.2, 0.25) is 17.7 Å². The first-order valence-corrected chi connectivity index (χ1v) is 10.1. The molecule has 1 rings (SSSR count).